The second-order valence-corrected chi connectivity index (χ2v) is 4.42. The van der Waals surface area contributed by atoms with Crippen molar-refractivity contribution in [2.24, 2.45) is 0 Å². The Morgan fingerprint density at radius 2 is 1.94 bits per heavy atom. The van der Waals surface area contributed by atoms with Gasteiger partial charge in [0.15, 0.2) is 0 Å². The number of nitrogens with two attached hydrogens (primary N) is 1. The van der Waals surface area contributed by atoms with Crippen LogP contribution in [0.15, 0.2) is 47.5 Å². The summed E-state index contributed by atoms with van der Waals surface area (Å²) in [7, 11) is 0. The molecule has 0 atom stereocenters. The number of nitrogen functional groups attached to an aromatic ring is 1. The first-order valence-electron chi connectivity index (χ1n) is 4.86. The highest BCUT2D eigenvalue weighted by Gasteiger charge is 1.97. The van der Waals surface area contributed by atoms with Gasteiger partial charge >= 0.3 is 0 Å². The minimum Gasteiger partial charge on any atom is -0.508 e. The molecule has 1 aromatic heterocycles. The number of anilines is 1. The van der Waals surface area contributed by atoms with Gasteiger partial charge in [0.05, 0.1) is 0 Å². The maximum absolute atomic E-state index is 9.14. The van der Waals surface area contributed by atoms with E-state index in [1.807, 2.05) is 24.3 Å². The summed E-state index contributed by atoms with van der Waals surface area (Å²) in [5.74, 6) is 1.68. The number of rotatable bonds is 3. The Morgan fingerprint density at radius 3 is 2.62 bits per heavy atom. The van der Waals surface area contributed by atoms with Crippen LogP contribution in [0.2, 0.25) is 0 Å². The van der Waals surface area contributed by atoms with Crippen LogP contribution in [0.4, 0.5) is 5.82 Å². The normalized spacial score (nSPS) is 10.2. The fourth-order valence-electron chi connectivity index (χ4n) is 1.29. The molecule has 3 N–H and O–H groups in total. The molecule has 82 valence electrons. The summed E-state index contributed by atoms with van der Waals surface area (Å²) in [6, 6.07) is 11.0. The fourth-order valence-corrected chi connectivity index (χ4v) is 2.13. The van der Waals surface area contributed by atoms with Crippen LogP contribution in [0.1, 0.15) is 5.56 Å². The van der Waals surface area contributed by atoms with E-state index in [0.29, 0.717) is 5.82 Å². The summed E-state index contributed by atoms with van der Waals surface area (Å²) in [6.07, 6.45) is 1.71. The fraction of sp³-hybridized carbons (Fsp3) is 0.0833. The number of hydrogen-bond acceptors (Lipinski definition) is 4. The molecule has 16 heavy (non-hydrogen) atoms. The molecule has 3 nitrogen and oxygen atoms in total. The van der Waals surface area contributed by atoms with Crippen LogP contribution in [0.5, 0.6) is 5.75 Å². The van der Waals surface area contributed by atoms with Gasteiger partial charge in [0.1, 0.15) is 11.6 Å². The molecule has 0 aliphatic rings. The van der Waals surface area contributed by atoms with E-state index < -0.39 is 0 Å². The molecular formula is C12H12N2OS. The van der Waals surface area contributed by atoms with E-state index in [4.69, 9.17) is 10.8 Å². The molecule has 2 aromatic rings. The number of aromatic nitrogens is 1. The molecular weight excluding hydrogens is 220 g/mol. The zero-order chi connectivity index (χ0) is 11.4. The van der Waals surface area contributed by atoms with Crippen molar-refractivity contribution in [3.63, 3.8) is 0 Å². The molecule has 0 saturated carbocycles. The van der Waals surface area contributed by atoms with Crippen molar-refractivity contribution in [3.8, 4) is 5.75 Å². The van der Waals surface area contributed by atoms with Crippen LogP contribution in [0.3, 0.4) is 0 Å². The Morgan fingerprint density at radius 1 is 1.19 bits per heavy atom. The highest BCUT2D eigenvalue weighted by atomic mass is 32.2. The van der Waals surface area contributed by atoms with E-state index in [0.717, 1.165) is 16.2 Å². The monoisotopic (exact) mass is 232 g/mol. The third-order valence-corrected chi connectivity index (χ3v) is 3.17. The predicted molar refractivity (Wildman–Crippen MR) is 66.3 cm³/mol. The lowest BCUT2D eigenvalue weighted by Crippen LogP contribution is -1.90. The molecule has 0 unspecified atom stereocenters. The molecule has 0 radical (unpaired) electrons. The number of nitrogens with zero attached hydrogens (tertiary/aromatic N) is 1. The van der Waals surface area contributed by atoms with E-state index in [1.54, 1.807) is 30.1 Å². The SMILES string of the molecule is Nc1cc(CSc2ccc(O)cc2)ccn1. The third-order valence-electron chi connectivity index (χ3n) is 2.09. The predicted octanol–water partition coefficient (Wildman–Crippen LogP) is 2.66. The van der Waals surface area contributed by atoms with Crippen LogP contribution in [-0.4, -0.2) is 10.1 Å². The van der Waals surface area contributed by atoms with Gasteiger partial charge in [-0.2, -0.15) is 0 Å². The minimum absolute atomic E-state index is 0.289. The summed E-state index contributed by atoms with van der Waals surface area (Å²) in [4.78, 5) is 5.06. The maximum atomic E-state index is 9.14. The first-order valence-corrected chi connectivity index (χ1v) is 5.85. The Bertz CT molecular complexity index is 471. The lowest BCUT2D eigenvalue weighted by atomic mass is 10.3. The average molecular weight is 232 g/mol. The summed E-state index contributed by atoms with van der Waals surface area (Å²) in [5, 5.41) is 9.14. The second-order valence-electron chi connectivity index (χ2n) is 3.37. The van der Waals surface area contributed by atoms with Crippen LogP contribution in [-0.2, 0) is 5.75 Å². The van der Waals surface area contributed by atoms with Crippen LogP contribution >= 0.6 is 11.8 Å². The van der Waals surface area contributed by atoms with Gasteiger partial charge in [-0.05, 0) is 42.0 Å². The molecule has 0 fully saturated rings. The van der Waals surface area contributed by atoms with Gasteiger partial charge in [0.2, 0.25) is 0 Å². The van der Waals surface area contributed by atoms with E-state index in [-0.39, 0.29) is 5.75 Å². The minimum atomic E-state index is 0.289. The van der Waals surface area contributed by atoms with Gasteiger partial charge in [0, 0.05) is 16.8 Å². The van der Waals surface area contributed by atoms with Crippen molar-refractivity contribution in [2.45, 2.75) is 10.6 Å². The molecule has 0 spiro atoms. The van der Waals surface area contributed by atoms with Gasteiger partial charge in [-0.3, -0.25) is 0 Å². The van der Waals surface area contributed by atoms with E-state index in [9.17, 15) is 0 Å². The number of hydrogen-bond donors (Lipinski definition) is 2. The number of pyridine rings is 1. The first kappa shape index (κ1) is 10.8. The van der Waals surface area contributed by atoms with Gasteiger partial charge in [-0.25, -0.2) is 4.98 Å². The molecule has 4 heteroatoms. The molecule has 0 aliphatic heterocycles. The summed E-state index contributed by atoms with van der Waals surface area (Å²) >= 11 is 1.70. The molecule has 0 bridgehead atoms. The second kappa shape index (κ2) is 4.90. The Balaban J connectivity index is 1.99. The molecule has 0 saturated heterocycles. The van der Waals surface area contributed by atoms with E-state index in [1.165, 1.54) is 0 Å². The average Bonchev–Trinajstić information content (AvgIpc) is 2.28. The topological polar surface area (TPSA) is 59.1 Å². The summed E-state index contributed by atoms with van der Waals surface area (Å²) in [5.41, 5.74) is 6.74. The third kappa shape index (κ3) is 2.90. The van der Waals surface area contributed by atoms with E-state index >= 15 is 0 Å². The van der Waals surface area contributed by atoms with Gasteiger partial charge in [-0.15, -0.1) is 11.8 Å². The molecule has 1 aromatic carbocycles. The highest BCUT2D eigenvalue weighted by molar-refractivity contribution is 7.98. The zero-order valence-electron chi connectivity index (χ0n) is 8.63. The van der Waals surface area contributed by atoms with Crippen molar-refractivity contribution < 1.29 is 5.11 Å². The number of aromatic hydroxyl groups is 1. The number of phenols is 1. The van der Waals surface area contributed by atoms with Crippen molar-refractivity contribution in [1.29, 1.82) is 0 Å². The van der Waals surface area contributed by atoms with Crippen LogP contribution in [0.25, 0.3) is 0 Å². The highest BCUT2D eigenvalue weighted by Crippen LogP contribution is 2.24. The molecule has 0 amide bonds. The molecule has 1 heterocycles. The standard InChI is InChI=1S/C12H12N2OS/c13-12-7-9(5-6-14-12)8-16-11-3-1-10(15)2-4-11/h1-7,15H,8H2,(H2,13,14). The molecule has 2 rings (SSSR count). The van der Waals surface area contributed by atoms with Gasteiger partial charge < -0.3 is 10.8 Å². The van der Waals surface area contributed by atoms with Gasteiger partial charge in [0.25, 0.3) is 0 Å². The summed E-state index contributed by atoms with van der Waals surface area (Å²) < 4.78 is 0. The quantitative estimate of drug-likeness (QED) is 0.799. The Kier molecular flexibility index (Phi) is 3.31. The van der Waals surface area contributed by atoms with E-state index in [2.05, 4.69) is 4.98 Å². The van der Waals surface area contributed by atoms with Gasteiger partial charge in [-0.1, -0.05) is 0 Å². The van der Waals surface area contributed by atoms with Crippen LogP contribution < -0.4 is 5.73 Å². The first-order chi connectivity index (χ1) is 7.74. The lowest BCUT2D eigenvalue weighted by Gasteiger charge is -2.02. The largest absolute Gasteiger partial charge is 0.508 e. The van der Waals surface area contributed by atoms with Crippen molar-refractivity contribution in [1.82, 2.24) is 4.98 Å². The number of phenolic OH excluding ortho intramolecular Hbond substituents is 1. The van der Waals surface area contributed by atoms with Crippen LogP contribution in [0, 0.1) is 0 Å². The maximum Gasteiger partial charge on any atom is 0.123 e. The Labute approximate surface area is 98.3 Å². The number of benzene rings is 1. The van der Waals surface area contributed by atoms with Crippen molar-refractivity contribution in [2.75, 3.05) is 5.73 Å². The van der Waals surface area contributed by atoms with Crippen molar-refractivity contribution >= 4 is 17.6 Å². The van der Waals surface area contributed by atoms with Crippen molar-refractivity contribution in [3.05, 3.63) is 48.2 Å². The smallest absolute Gasteiger partial charge is 0.123 e. The zero-order valence-corrected chi connectivity index (χ0v) is 9.45. The number of thioether (sulfide) groups is 1. The molecule has 0 aliphatic carbocycles. The lowest BCUT2D eigenvalue weighted by molar-refractivity contribution is 0.475. The Hall–Kier alpha value is -1.68. The summed E-state index contributed by atoms with van der Waals surface area (Å²) in [6.45, 7) is 0.